The lowest BCUT2D eigenvalue weighted by atomic mass is 9.78. The highest BCUT2D eigenvalue weighted by Gasteiger charge is 2.22. The average Bonchev–Trinajstić information content (AvgIpc) is 2.75. The number of carboxylic acids is 2. The summed E-state index contributed by atoms with van der Waals surface area (Å²) in [5.74, 6) is -2.25. The van der Waals surface area contributed by atoms with Gasteiger partial charge in [-0.05, 0) is 41.5 Å². The van der Waals surface area contributed by atoms with Gasteiger partial charge in [-0.25, -0.2) is 9.59 Å². The van der Waals surface area contributed by atoms with Gasteiger partial charge >= 0.3 is 11.9 Å². The van der Waals surface area contributed by atoms with E-state index in [2.05, 4.69) is 73.8 Å². The molecule has 3 aromatic rings. The summed E-state index contributed by atoms with van der Waals surface area (Å²) < 4.78 is 0. The van der Waals surface area contributed by atoms with Crippen LogP contribution in [0.15, 0.2) is 78.9 Å². The molecule has 0 unspecified atom stereocenters. The van der Waals surface area contributed by atoms with Crippen molar-refractivity contribution in [2.24, 2.45) is 0 Å². The smallest absolute Gasteiger partial charge is 0.335 e. The maximum atomic E-state index is 10.4. The number of hydrogen-bond donors (Lipinski definition) is 3. The lowest BCUT2D eigenvalue weighted by Crippen LogP contribution is -2.18. The Morgan fingerprint density at radius 1 is 0.733 bits per heavy atom. The van der Waals surface area contributed by atoms with Gasteiger partial charge in [0.1, 0.15) is 0 Å². The molecule has 3 aromatic carbocycles. The molecule has 0 heterocycles. The molecular weight excluding hydrogens is 402 g/mol. The summed E-state index contributed by atoms with van der Waals surface area (Å²) in [6.45, 7) is 4.52. The van der Waals surface area contributed by atoms with Crippen LogP contribution in [-0.2, 0) is 5.41 Å². The Morgan fingerprint density at radius 2 is 1.20 bits per heavy atom. The normalized spacial score (nSPS) is 10.1. The standard InChI is InChI=1S/C16H19N.C8H6O4.ClH/c1-16(2,13-7-5-4-6-8-13)14-9-11-15(17-3)12-10-14;9-7(10)5-2-1-3-6(4-5)8(11)12;/h4-12,17H,1-3H3;1-4H,(H,9,10)(H,11,12);1H. The molecule has 0 spiro atoms. The highest BCUT2D eigenvalue weighted by molar-refractivity contribution is 5.93. The van der Waals surface area contributed by atoms with Gasteiger partial charge in [-0.3, -0.25) is 0 Å². The summed E-state index contributed by atoms with van der Waals surface area (Å²) in [5, 5.41) is 20.1. The number of anilines is 1. The van der Waals surface area contributed by atoms with Crippen LogP contribution in [0.1, 0.15) is 45.7 Å². The average molecular weight is 428 g/mol. The Labute approximate surface area is 182 Å². The predicted octanol–water partition coefficient (Wildman–Crippen LogP) is 5.56. The largest absolute Gasteiger partial charge is 0.478 e. The zero-order valence-corrected chi connectivity index (χ0v) is 17.9. The third kappa shape index (κ3) is 6.36. The lowest BCUT2D eigenvalue weighted by molar-refractivity contribution is 0.0696. The van der Waals surface area contributed by atoms with Crippen LogP contribution in [0.25, 0.3) is 0 Å². The van der Waals surface area contributed by atoms with Crippen molar-refractivity contribution in [2.75, 3.05) is 12.4 Å². The molecule has 0 fully saturated rings. The molecule has 0 radical (unpaired) electrons. The van der Waals surface area contributed by atoms with E-state index in [1.165, 1.54) is 29.3 Å². The summed E-state index contributed by atoms with van der Waals surface area (Å²) in [6.07, 6.45) is 0. The number of carbonyl (C=O) groups is 2. The number of benzene rings is 3. The van der Waals surface area contributed by atoms with Crippen LogP contribution in [0, 0.1) is 0 Å². The van der Waals surface area contributed by atoms with Gasteiger partial charge in [-0.1, -0.05) is 62.4 Å². The van der Waals surface area contributed by atoms with E-state index in [-0.39, 0.29) is 28.9 Å². The van der Waals surface area contributed by atoms with Gasteiger partial charge in [0.2, 0.25) is 0 Å². The predicted molar refractivity (Wildman–Crippen MR) is 122 cm³/mol. The van der Waals surface area contributed by atoms with Crippen LogP contribution >= 0.6 is 12.4 Å². The Bertz CT molecular complexity index is 941. The first kappa shape index (κ1) is 24.7. The maximum absolute atomic E-state index is 10.4. The number of hydrogen-bond acceptors (Lipinski definition) is 3. The van der Waals surface area contributed by atoms with Crippen molar-refractivity contribution in [3.05, 3.63) is 101 Å². The van der Waals surface area contributed by atoms with E-state index in [9.17, 15) is 9.59 Å². The van der Waals surface area contributed by atoms with E-state index in [0.717, 1.165) is 11.8 Å². The van der Waals surface area contributed by atoms with Crippen LogP contribution in [0.3, 0.4) is 0 Å². The fraction of sp³-hybridized carbons (Fsp3) is 0.167. The van der Waals surface area contributed by atoms with Gasteiger partial charge in [-0.2, -0.15) is 0 Å². The number of nitrogens with one attached hydrogen (secondary N) is 1. The molecule has 0 saturated heterocycles. The Hall–Kier alpha value is -3.31. The van der Waals surface area contributed by atoms with E-state index in [0.29, 0.717) is 0 Å². The highest BCUT2D eigenvalue weighted by Crippen LogP contribution is 2.31. The number of halogens is 1. The van der Waals surface area contributed by atoms with Crippen LogP contribution in [-0.4, -0.2) is 29.2 Å². The number of aromatic carboxylic acids is 2. The van der Waals surface area contributed by atoms with Crippen molar-refractivity contribution < 1.29 is 19.8 Å². The zero-order valence-electron chi connectivity index (χ0n) is 17.1. The molecule has 0 aliphatic rings. The molecule has 158 valence electrons. The Balaban J connectivity index is 0.000000308. The maximum Gasteiger partial charge on any atom is 0.335 e. The molecule has 0 bridgehead atoms. The van der Waals surface area contributed by atoms with Gasteiger partial charge in [-0.15, -0.1) is 12.4 Å². The SMILES string of the molecule is CNc1ccc(C(C)(C)c2ccccc2)cc1.Cl.O=C(O)c1cccc(C(=O)O)c1. The van der Waals surface area contributed by atoms with Gasteiger partial charge < -0.3 is 15.5 Å². The minimum Gasteiger partial charge on any atom is -0.478 e. The lowest BCUT2D eigenvalue weighted by Gasteiger charge is -2.26. The van der Waals surface area contributed by atoms with Crippen LogP contribution in [0.2, 0.25) is 0 Å². The fourth-order valence-corrected chi connectivity index (χ4v) is 2.86. The molecule has 0 aromatic heterocycles. The van der Waals surface area contributed by atoms with Crippen molar-refractivity contribution in [2.45, 2.75) is 19.3 Å². The topological polar surface area (TPSA) is 86.6 Å². The van der Waals surface area contributed by atoms with Crippen LogP contribution in [0.4, 0.5) is 5.69 Å². The van der Waals surface area contributed by atoms with Crippen molar-refractivity contribution in [3.8, 4) is 0 Å². The number of rotatable bonds is 5. The van der Waals surface area contributed by atoms with Crippen molar-refractivity contribution in [3.63, 3.8) is 0 Å². The summed E-state index contributed by atoms with van der Waals surface area (Å²) in [5.41, 5.74) is 3.84. The summed E-state index contributed by atoms with van der Waals surface area (Å²) >= 11 is 0. The molecule has 3 N–H and O–H groups in total. The fourth-order valence-electron chi connectivity index (χ4n) is 2.86. The first-order valence-corrected chi connectivity index (χ1v) is 9.16. The molecule has 6 heteroatoms. The number of carboxylic acid groups (broad SMARTS) is 2. The molecule has 0 aliphatic heterocycles. The van der Waals surface area contributed by atoms with Gasteiger partial charge in [0.25, 0.3) is 0 Å². The molecule has 0 aliphatic carbocycles. The third-order valence-corrected chi connectivity index (χ3v) is 4.75. The second-order valence-electron chi connectivity index (χ2n) is 7.01. The van der Waals surface area contributed by atoms with E-state index < -0.39 is 11.9 Å². The van der Waals surface area contributed by atoms with E-state index in [1.54, 1.807) is 0 Å². The minimum absolute atomic E-state index is 0. The molecule has 0 amide bonds. The van der Waals surface area contributed by atoms with Crippen molar-refractivity contribution in [1.29, 1.82) is 0 Å². The van der Waals surface area contributed by atoms with Gasteiger partial charge in [0.05, 0.1) is 11.1 Å². The van der Waals surface area contributed by atoms with E-state index in [1.807, 2.05) is 7.05 Å². The minimum atomic E-state index is -1.13. The Kier molecular flexibility index (Phi) is 9.09. The first-order valence-electron chi connectivity index (χ1n) is 9.16. The molecule has 0 atom stereocenters. The quantitative estimate of drug-likeness (QED) is 0.496. The second-order valence-corrected chi connectivity index (χ2v) is 7.01. The van der Waals surface area contributed by atoms with Gasteiger partial charge in [0.15, 0.2) is 0 Å². The molecule has 0 saturated carbocycles. The van der Waals surface area contributed by atoms with E-state index in [4.69, 9.17) is 10.2 Å². The molecule has 5 nitrogen and oxygen atoms in total. The third-order valence-electron chi connectivity index (χ3n) is 4.75. The molecule has 3 rings (SSSR count). The van der Waals surface area contributed by atoms with Crippen LogP contribution in [0.5, 0.6) is 0 Å². The van der Waals surface area contributed by atoms with E-state index >= 15 is 0 Å². The van der Waals surface area contributed by atoms with Crippen LogP contribution < -0.4 is 5.32 Å². The molecule has 30 heavy (non-hydrogen) atoms. The Morgan fingerprint density at radius 3 is 1.63 bits per heavy atom. The monoisotopic (exact) mass is 427 g/mol. The summed E-state index contributed by atoms with van der Waals surface area (Å²) in [4.78, 5) is 20.8. The van der Waals surface area contributed by atoms with Gasteiger partial charge in [0, 0.05) is 18.2 Å². The zero-order chi connectivity index (χ0) is 21.4. The molecular formula is C24H26ClNO4. The first-order chi connectivity index (χ1) is 13.8. The van der Waals surface area contributed by atoms with Crippen molar-refractivity contribution in [1.82, 2.24) is 0 Å². The highest BCUT2D eigenvalue weighted by atomic mass is 35.5. The van der Waals surface area contributed by atoms with Crippen molar-refractivity contribution >= 4 is 30.0 Å². The summed E-state index contributed by atoms with van der Waals surface area (Å²) in [6, 6.07) is 24.5. The summed E-state index contributed by atoms with van der Waals surface area (Å²) in [7, 11) is 1.94. The second kappa shape index (κ2) is 11.0.